The average Bonchev–Trinajstić information content (AvgIpc) is 2.53. The summed E-state index contributed by atoms with van der Waals surface area (Å²) >= 11 is 0. The molecule has 25 heavy (non-hydrogen) atoms. The lowest BCUT2D eigenvalue weighted by atomic mass is 10.2. The molecule has 2 rings (SSSR count). The largest absolute Gasteiger partial charge is 0.417 e. The number of alkyl halides is 3. The van der Waals surface area contributed by atoms with Crippen molar-refractivity contribution in [2.24, 2.45) is 0 Å². The highest BCUT2D eigenvalue weighted by Crippen LogP contribution is 2.31. The minimum absolute atomic E-state index is 0.0432. The Bertz CT molecular complexity index is 613. The van der Waals surface area contributed by atoms with E-state index in [1.165, 1.54) is 0 Å². The van der Waals surface area contributed by atoms with E-state index in [9.17, 15) is 22.4 Å². The van der Waals surface area contributed by atoms with Crippen molar-refractivity contribution in [2.45, 2.75) is 39.0 Å². The molecule has 0 aromatic carbocycles. The van der Waals surface area contributed by atoms with Gasteiger partial charge in [-0.3, -0.25) is 9.69 Å². The molecule has 1 saturated heterocycles. The van der Waals surface area contributed by atoms with Crippen LogP contribution in [0.25, 0.3) is 0 Å². The summed E-state index contributed by atoms with van der Waals surface area (Å²) in [5.74, 6) is -1.16. The summed E-state index contributed by atoms with van der Waals surface area (Å²) in [7, 11) is 0. The lowest BCUT2D eigenvalue weighted by molar-refractivity contribution is -0.138. The topological polar surface area (TPSA) is 48.5 Å². The Hall–Kier alpha value is -1.90. The predicted octanol–water partition coefficient (Wildman–Crippen LogP) is 2.27. The summed E-state index contributed by atoms with van der Waals surface area (Å²) in [6.07, 6.45) is -3.98. The normalized spacial score (nSPS) is 17.7. The molecule has 1 aromatic rings. The van der Waals surface area contributed by atoms with Crippen LogP contribution in [0.2, 0.25) is 0 Å². The van der Waals surface area contributed by atoms with E-state index in [0.29, 0.717) is 38.4 Å². The van der Waals surface area contributed by atoms with Crippen LogP contribution in [-0.4, -0.2) is 54.1 Å². The molecule has 1 N–H and O–H groups in total. The summed E-state index contributed by atoms with van der Waals surface area (Å²) < 4.78 is 51.8. The number of aromatic nitrogens is 1. The van der Waals surface area contributed by atoms with Crippen LogP contribution in [0.3, 0.4) is 0 Å². The van der Waals surface area contributed by atoms with Crippen LogP contribution < -0.4 is 10.2 Å². The molecular formula is C16H22F4N4O. The summed E-state index contributed by atoms with van der Waals surface area (Å²) in [5, 5.41) is 2.84. The van der Waals surface area contributed by atoms with Crippen molar-refractivity contribution in [1.82, 2.24) is 15.2 Å². The van der Waals surface area contributed by atoms with Crippen LogP contribution in [0, 0.1) is 5.82 Å². The molecule has 1 aliphatic rings. The number of hydrogen-bond acceptors (Lipinski definition) is 4. The van der Waals surface area contributed by atoms with Gasteiger partial charge >= 0.3 is 6.18 Å². The molecule has 0 bridgehead atoms. The highest BCUT2D eigenvalue weighted by molar-refractivity contribution is 5.81. The molecule has 1 aromatic heterocycles. The Morgan fingerprint density at radius 1 is 1.20 bits per heavy atom. The monoisotopic (exact) mass is 362 g/mol. The van der Waals surface area contributed by atoms with Crippen LogP contribution in [0.1, 0.15) is 26.3 Å². The molecule has 9 heteroatoms. The van der Waals surface area contributed by atoms with Gasteiger partial charge in [-0.1, -0.05) is 0 Å². The van der Waals surface area contributed by atoms with Crippen LogP contribution in [0.5, 0.6) is 0 Å². The van der Waals surface area contributed by atoms with Gasteiger partial charge in [0.15, 0.2) is 11.6 Å². The second-order valence-corrected chi connectivity index (χ2v) is 6.39. The summed E-state index contributed by atoms with van der Waals surface area (Å²) in [4.78, 5) is 19.2. The van der Waals surface area contributed by atoms with Crippen LogP contribution in [0.15, 0.2) is 12.3 Å². The molecule has 0 saturated carbocycles. The number of nitrogens with zero attached hydrogens (tertiary/aromatic N) is 3. The third kappa shape index (κ3) is 4.81. The number of anilines is 1. The Balaban J connectivity index is 1.99. The van der Waals surface area contributed by atoms with Gasteiger partial charge in [0.1, 0.15) is 0 Å². The molecule has 1 aliphatic heterocycles. The standard InChI is InChI=1S/C16H22F4N4O/c1-10(2)22-15(25)11(3)23-4-6-24(7-5-23)14-13(17)8-12(9-21-14)16(18,19)20/h8-11H,4-7H2,1-3H3,(H,22,25). The first-order valence-electron chi connectivity index (χ1n) is 8.11. The van der Waals surface area contributed by atoms with E-state index in [0.717, 1.165) is 0 Å². The lowest BCUT2D eigenvalue weighted by Crippen LogP contribution is -2.54. The third-order valence-electron chi connectivity index (χ3n) is 4.12. The number of carbonyl (C=O) groups is 1. The zero-order valence-corrected chi connectivity index (χ0v) is 14.4. The van der Waals surface area contributed by atoms with Crippen LogP contribution >= 0.6 is 0 Å². The van der Waals surface area contributed by atoms with Gasteiger partial charge in [-0.05, 0) is 26.8 Å². The Kier molecular flexibility index (Phi) is 5.87. The van der Waals surface area contributed by atoms with E-state index in [1.54, 1.807) is 11.8 Å². The number of rotatable bonds is 4. The fourth-order valence-electron chi connectivity index (χ4n) is 2.71. The third-order valence-corrected chi connectivity index (χ3v) is 4.12. The minimum atomic E-state index is -4.62. The maximum atomic E-state index is 14.0. The van der Waals surface area contributed by atoms with E-state index in [2.05, 4.69) is 10.3 Å². The molecule has 5 nitrogen and oxygen atoms in total. The number of pyridine rings is 1. The number of carbonyl (C=O) groups excluding carboxylic acids is 1. The van der Waals surface area contributed by atoms with Gasteiger partial charge < -0.3 is 10.2 Å². The van der Waals surface area contributed by atoms with Gasteiger partial charge in [0.2, 0.25) is 5.91 Å². The van der Waals surface area contributed by atoms with Gasteiger partial charge in [-0.2, -0.15) is 13.2 Å². The zero-order valence-electron chi connectivity index (χ0n) is 14.4. The molecule has 1 atom stereocenters. The van der Waals surface area contributed by atoms with Crippen molar-refractivity contribution in [3.63, 3.8) is 0 Å². The van der Waals surface area contributed by atoms with Crippen molar-refractivity contribution < 1.29 is 22.4 Å². The van der Waals surface area contributed by atoms with Gasteiger partial charge in [-0.25, -0.2) is 9.37 Å². The Labute approximate surface area is 144 Å². The second kappa shape index (κ2) is 7.55. The van der Waals surface area contributed by atoms with Crippen molar-refractivity contribution in [3.8, 4) is 0 Å². The van der Waals surface area contributed by atoms with Crippen LogP contribution in [-0.2, 0) is 11.0 Å². The van der Waals surface area contributed by atoms with E-state index >= 15 is 0 Å². The quantitative estimate of drug-likeness (QED) is 0.835. The molecular weight excluding hydrogens is 340 g/mol. The van der Waals surface area contributed by atoms with Crippen LogP contribution in [0.4, 0.5) is 23.4 Å². The summed E-state index contributed by atoms with van der Waals surface area (Å²) in [6.45, 7) is 7.31. The number of halogens is 4. The molecule has 0 spiro atoms. The van der Waals surface area contributed by atoms with Gasteiger partial charge in [0.05, 0.1) is 11.6 Å². The number of hydrogen-bond donors (Lipinski definition) is 1. The number of nitrogens with one attached hydrogen (secondary N) is 1. The number of amides is 1. The first-order valence-corrected chi connectivity index (χ1v) is 8.11. The van der Waals surface area contributed by atoms with Crippen molar-refractivity contribution in [1.29, 1.82) is 0 Å². The van der Waals surface area contributed by atoms with Crippen molar-refractivity contribution in [2.75, 3.05) is 31.1 Å². The van der Waals surface area contributed by atoms with E-state index in [1.807, 2.05) is 18.7 Å². The minimum Gasteiger partial charge on any atom is -0.353 e. The molecule has 140 valence electrons. The van der Waals surface area contributed by atoms with E-state index in [4.69, 9.17) is 0 Å². The Morgan fingerprint density at radius 2 is 1.80 bits per heavy atom. The fraction of sp³-hybridized carbons (Fsp3) is 0.625. The molecule has 2 heterocycles. The predicted molar refractivity (Wildman–Crippen MR) is 85.7 cm³/mol. The second-order valence-electron chi connectivity index (χ2n) is 6.39. The first-order chi connectivity index (χ1) is 11.6. The molecule has 0 radical (unpaired) electrons. The summed E-state index contributed by atoms with van der Waals surface area (Å²) in [6, 6.07) is 0.185. The molecule has 1 unspecified atom stereocenters. The smallest absolute Gasteiger partial charge is 0.353 e. The Morgan fingerprint density at radius 3 is 2.28 bits per heavy atom. The molecule has 1 fully saturated rings. The van der Waals surface area contributed by atoms with E-state index < -0.39 is 17.6 Å². The maximum absolute atomic E-state index is 14.0. The maximum Gasteiger partial charge on any atom is 0.417 e. The van der Waals surface area contributed by atoms with Crippen molar-refractivity contribution >= 4 is 11.7 Å². The van der Waals surface area contributed by atoms with Gasteiger partial charge in [-0.15, -0.1) is 0 Å². The first kappa shape index (κ1) is 19.4. The fourth-order valence-corrected chi connectivity index (χ4v) is 2.71. The highest BCUT2D eigenvalue weighted by atomic mass is 19.4. The van der Waals surface area contributed by atoms with E-state index in [-0.39, 0.29) is 23.8 Å². The molecule has 1 amide bonds. The SMILES string of the molecule is CC(C)NC(=O)C(C)N1CCN(c2ncc(C(F)(F)F)cc2F)CC1. The zero-order chi connectivity index (χ0) is 18.8. The average molecular weight is 362 g/mol. The van der Waals surface area contributed by atoms with Gasteiger partial charge in [0, 0.05) is 38.4 Å². The highest BCUT2D eigenvalue weighted by Gasteiger charge is 2.33. The summed E-state index contributed by atoms with van der Waals surface area (Å²) in [5.41, 5.74) is -1.11. The molecule has 0 aliphatic carbocycles. The number of piperazine rings is 1. The van der Waals surface area contributed by atoms with Crippen molar-refractivity contribution in [3.05, 3.63) is 23.6 Å². The lowest BCUT2D eigenvalue weighted by Gasteiger charge is -2.38. The van der Waals surface area contributed by atoms with Gasteiger partial charge in [0.25, 0.3) is 0 Å².